The van der Waals surface area contributed by atoms with Crippen LogP contribution in [0.15, 0.2) is 4.79 Å². The lowest BCUT2D eigenvalue weighted by Gasteiger charge is -2.26. The number of aromatic amines is 1. The van der Waals surface area contributed by atoms with Gasteiger partial charge in [-0.05, 0) is 30.7 Å². The number of rotatable bonds is 4. The fourth-order valence-electron chi connectivity index (χ4n) is 3.60. The number of aryl methyl sites for hydroxylation is 1. The molecular formula is C18H23N3O3S2. The number of aromatic nitrogens is 2. The Hall–Kier alpha value is -1.38. The largest absolute Gasteiger partial charge is 0.378 e. The summed E-state index contributed by atoms with van der Waals surface area (Å²) in [6.07, 6.45) is 3.16. The Kier molecular flexibility index (Phi) is 5.33. The zero-order valence-electron chi connectivity index (χ0n) is 14.9. The van der Waals surface area contributed by atoms with Crippen LogP contribution in [0.2, 0.25) is 0 Å². The van der Waals surface area contributed by atoms with Crippen LogP contribution in [0.1, 0.15) is 29.6 Å². The molecule has 0 radical (unpaired) electrons. The van der Waals surface area contributed by atoms with Gasteiger partial charge in [-0.15, -0.1) is 23.1 Å². The molecule has 1 N–H and O–H groups in total. The molecule has 3 heterocycles. The number of morpholine rings is 1. The molecule has 0 bridgehead atoms. The predicted octanol–water partition coefficient (Wildman–Crippen LogP) is 2.20. The van der Waals surface area contributed by atoms with E-state index in [9.17, 15) is 9.59 Å². The Morgan fingerprint density at radius 3 is 3.04 bits per heavy atom. The van der Waals surface area contributed by atoms with E-state index < -0.39 is 0 Å². The first kappa shape index (κ1) is 18.0. The van der Waals surface area contributed by atoms with Gasteiger partial charge < -0.3 is 14.6 Å². The van der Waals surface area contributed by atoms with Gasteiger partial charge in [-0.25, -0.2) is 4.98 Å². The van der Waals surface area contributed by atoms with E-state index in [1.165, 1.54) is 22.2 Å². The highest BCUT2D eigenvalue weighted by Crippen LogP contribution is 2.35. The van der Waals surface area contributed by atoms with Gasteiger partial charge in [0.1, 0.15) is 10.7 Å². The molecule has 1 amide bonds. The first-order valence-electron chi connectivity index (χ1n) is 9.08. The Bertz CT molecular complexity index is 870. The number of carbonyl (C=O) groups excluding carboxylic acids is 1. The molecule has 1 aliphatic heterocycles. The summed E-state index contributed by atoms with van der Waals surface area (Å²) in [6, 6.07) is 0. The van der Waals surface area contributed by atoms with Crippen molar-refractivity contribution in [2.75, 3.05) is 32.1 Å². The molecule has 0 unspecified atom stereocenters. The summed E-state index contributed by atoms with van der Waals surface area (Å²) in [5.41, 5.74) is 1.18. The molecule has 8 heteroatoms. The summed E-state index contributed by atoms with van der Waals surface area (Å²) in [5, 5.41) is 0.787. The topological polar surface area (TPSA) is 75.3 Å². The number of nitrogens with zero attached hydrogens (tertiary/aromatic N) is 2. The molecule has 140 valence electrons. The van der Waals surface area contributed by atoms with Gasteiger partial charge in [-0.3, -0.25) is 9.59 Å². The van der Waals surface area contributed by atoms with E-state index in [0.717, 1.165) is 29.5 Å². The third-order valence-corrected chi connectivity index (χ3v) is 7.12. The highest BCUT2D eigenvalue weighted by molar-refractivity contribution is 7.99. The predicted molar refractivity (Wildman–Crippen MR) is 105 cm³/mol. The van der Waals surface area contributed by atoms with Crippen LogP contribution in [0.5, 0.6) is 0 Å². The highest BCUT2D eigenvalue weighted by atomic mass is 32.2. The molecule has 2 aromatic heterocycles. The summed E-state index contributed by atoms with van der Waals surface area (Å²) in [4.78, 5) is 36.4. The normalized spacial score (nSPS) is 20.3. The molecule has 0 saturated carbocycles. The van der Waals surface area contributed by atoms with Crippen LogP contribution in [0.3, 0.4) is 0 Å². The van der Waals surface area contributed by atoms with E-state index in [2.05, 4.69) is 16.9 Å². The third kappa shape index (κ3) is 3.68. The van der Waals surface area contributed by atoms with Crippen LogP contribution < -0.4 is 5.56 Å². The number of carbonyl (C=O) groups is 1. The van der Waals surface area contributed by atoms with Crippen LogP contribution in [0.4, 0.5) is 0 Å². The minimum atomic E-state index is -0.0304. The van der Waals surface area contributed by atoms with Crippen LogP contribution in [-0.4, -0.2) is 52.8 Å². The summed E-state index contributed by atoms with van der Waals surface area (Å²) in [5.74, 6) is 2.41. The molecule has 2 aliphatic rings. The van der Waals surface area contributed by atoms with Gasteiger partial charge in [-0.1, -0.05) is 6.92 Å². The number of hydrogen-bond acceptors (Lipinski definition) is 6. The summed E-state index contributed by atoms with van der Waals surface area (Å²) >= 11 is 3.17. The molecule has 4 rings (SSSR count). The van der Waals surface area contributed by atoms with E-state index in [1.54, 1.807) is 11.3 Å². The SMILES string of the molecule is C[C@@H]1CCc2c(sc3nc(CSCC(=O)N4CCOCC4)[nH]c(=O)c23)C1. The van der Waals surface area contributed by atoms with E-state index >= 15 is 0 Å². The zero-order chi connectivity index (χ0) is 18.1. The lowest BCUT2D eigenvalue weighted by Crippen LogP contribution is -2.41. The summed E-state index contributed by atoms with van der Waals surface area (Å²) < 4.78 is 5.27. The number of fused-ring (bicyclic) bond motifs is 3. The average molecular weight is 394 g/mol. The molecule has 6 nitrogen and oxygen atoms in total. The first-order chi connectivity index (χ1) is 12.6. The molecule has 1 saturated heterocycles. The Morgan fingerprint density at radius 2 is 2.23 bits per heavy atom. The van der Waals surface area contributed by atoms with Crippen LogP contribution in [0.25, 0.3) is 10.2 Å². The second-order valence-corrected chi connectivity index (χ2v) is 9.10. The van der Waals surface area contributed by atoms with E-state index in [0.29, 0.717) is 49.6 Å². The number of amides is 1. The van der Waals surface area contributed by atoms with Crippen molar-refractivity contribution >= 4 is 39.2 Å². The quantitative estimate of drug-likeness (QED) is 0.862. The van der Waals surface area contributed by atoms with Crippen molar-refractivity contribution in [2.24, 2.45) is 5.92 Å². The fourth-order valence-corrected chi connectivity index (χ4v) is 5.79. The zero-order valence-corrected chi connectivity index (χ0v) is 16.5. The van der Waals surface area contributed by atoms with Gasteiger partial charge in [0.25, 0.3) is 5.56 Å². The molecule has 0 aromatic carbocycles. The van der Waals surface area contributed by atoms with Crippen molar-refractivity contribution in [3.05, 3.63) is 26.6 Å². The van der Waals surface area contributed by atoms with Crippen LogP contribution in [-0.2, 0) is 28.1 Å². The average Bonchev–Trinajstić information content (AvgIpc) is 3.00. The maximum Gasteiger partial charge on any atom is 0.259 e. The monoisotopic (exact) mass is 393 g/mol. The smallest absolute Gasteiger partial charge is 0.259 e. The van der Waals surface area contributed by atoms with E-state index in [-0.39, 0.29) is 11.5 Å². The van der Waals surface area contributed by atoms with Gasteiger partial charge >= 0.3 is 0 Å². The van der Waals surface area contributed by atoms with E-state index in [1.807, 2.05) is 4.90 Å². The fraction of sp³-hybridized carbons (Fsp3) is 0.611. The maximum absolute atomic E-state index is 12.6. The Morgan fingerprint density at radius 1 is 1.42 bits per heavy atom. The highest BCUT2D eigenvalue weighted by Gasteiger charge is 2.23. The van der Waals surface area contributed by atoms with Gasteiger partial charge in [0.15, 0.2) is 0 Å². The molecule has 1 fully saturated rings. The lowest BCUT2D eigenvalue weighted by atomic mass is 9.89. The van der Waals surface area contributed by atoms with Crippen molar-refractivity contribution in [3.63, 3.8) is 0 Å². The number of hydrogen-bond donors (Lipinski definition) is 1. The van der Waals surface area contributed by atoms with E-state index in [4.69, 9.17) is 4.74 Å². The standard InChI is InChI=1S/C18H23N3O3S2/c1-11-2-3-12-13(8-11)26-18-16(12)17(23)19-14(20-18)9-25-10-15(22)21-4-6-24-7-5-21/h11H,2-10H2,1H3,(H,19,20,23)/t11-/m1/s1. The first-order valence-corrected chi connectivity index (χ1v) is 11.1. The van der Waals surface area contributed by atoms with Gasteiger partial charge in [0, 0.05) is 18.0 Å². The molecule has 26 heavy (non-hydrogen) atoms. The molecule has 2 aromatic rings. The molecule has 1 aliphatic carbocycles. The van der Waals surface area contributed by atoms with Crippen molar-refractivity contribution in [1.29, 1.82) is 0 Å². The van der Waals surface area contributed by atoms with Gasteiger partial charge in [-0.2, -0.15) is 0 Å². The minimum absolute atomic E-state index is 0.0304. The van der Waals surface area contributed by atoms with Crippen LogP contribution in [0, 0.1) is 5.92 Å². The third-order valence-electron chi connectivity index (χ3n) is 5.04. The number of thioether (sulfide) groups is 1. The van der Waals surface area contributed by atoms with Crippen LogP contribution >= 0.6 is 23.1 Å². The summed E-state index contributed by atoms with van der Waals surface area (Å²) in [6.45, 7) is 4.82. The second kappa shape index (κ2) is 7.70. The lowest BCUT2D eigenvalue weighted by molar-refractivity contribution is -0.132. The number of ether oxygens (including phenoxy) is 1. The second-order valence-electron chi connectivity index (χ2n) is 7.03. The number of H-pyrrole nitrogens is 1. The van der Waals surface area contributed by atoms with Crippen molar-refractivity contribution in [3.8, 4) is 0 Å². The van der Waals surface area contributed by atoms with Crippen molar-refractivity contribution in [1.82, 2.24) is 14.9 Å². The molecular weight excluding hydrogens is 370 g/mol. The van der Waals surface area contributed by atoms with Gasteiger partial charge in [0.05, 0.1) is 30.1 Å². The molecule has 1 atom stereocenters. The summed E-state index contributed by atoms with van der Waals surface area (Å²) in [7, 11) is 0. The van der Waals surface area contributed by atoms with Gasteiger partial charge in [0.2, 0.25) is 5.91 Å². The number of thiophene rings is 1. The van der Waals surface area contributed by atoms with Crippen molar-refractivity contribution < 1.29 is 9.53 Å². The molecule has 0 spiro atoms. The Balaban J connectivity index is 1.44. The van der Waals surface area contributed by atoms with Crippen molar-refractivity contribution in [2.45, 2.75) is 31.9 Å². The Labute approximate surface area is 160 Å². The maximum atomic E-state index is 12.6. The number of nitrogens with one attached hydrogen (secondary N) is 1. The minimum Gasteiger partial charge on any atom is -0.378 e.